The Morgan fingerprint density at radius 3 is 2.71 bits per heavy atom. The lowest BCUT2D eigenvalue weighted by molar-refractivity contribution is 0.0395. The number of rotatable bonds is 6. The van der Waals surface area contributed by atoms with Gasteiger partial charge in [0.15, 0.2) is 0 Å². The Balaban J connectivity index is 1.96. The maximum Gasteiger partial charge on any atom is 0.0659 e. The number of hydrogen-bond donors (Lipinski definition) is 0. The summed E-state index contributed by atoms with van der Waals surface area (Å²) < 4.78 is 5.24. The molecule has 0 saturated carbocycles. The second kappa shape index (κ2) is 7.80. The number of hydrazone groups is 1. The van der Waals surface area contributed by atoms with Gasteiger partial charge in [-0.25, -0.2) is 0 Å². The van der Waals surface area contributed by atoms with E-state index in [0.29, 0.717) is 0 Å². The van der Waals surface area contributed by atoms with Crippen LogP contribution in [-0.2, 0) is 4.74 Å². The summed E-state index contributed by atoms with van der Waals surface area (Å²) in [5.41, 5.74) is 0. The Hall–Kier alpha value is -0.570. The third-order valence-corrected chi connectivity index (χ3v) is 2.42. The van der Waals surface area contributed by atoms with Gasteiger partial charge >= 0.3 is 0 Å². The Bertz CT molecular complexity index is 153. The smallest absolute Gasteiger partial charge is 0.0659 e. The van der Waals surface area contributed by atoms with Crippen molar-refractivity contribution < 1.29 is 4.74 Å². The van der Waals surface area contributed by atoms with Crippen LogP contribution in [0.2, 0.25) is 0 Å². The monoisotopic (exact) mass is 198 g/mol. The third kappa shape index (κ3) is 5.22. The van der Waals surface area contributed by atoms with Crippen molar-refractivity contribution in [2.24, 2.45) is 5.10 Å². The molecule has 0 aromatic carbocycles. The van der Waals surface area contributed by atoms with E-state index < -0.39 is 0 Å². The molecule has 1 aliphatic rings. The Kier molecular flexibility index (Phi) is 6.41. The molecule has 0 atom stereocenters. The van der Waals surface area contributed by atoms with Gasteiger partial charge in [-0.05, 0) is 12.8 Å². The lowest BCUT2D eigenvalue weighted by atomic mass is 10.2. The van der Waals surface area contributed by atoms with Crippen LogP contribution in [0.15, 0.2) is 5.10 Å². The van der Waals surface area contributed by atoms with Crippen LogP contribution in [0.5, 0.6) is 0 Å². The highest BCUT2D eigenvalue weighted by atomic mass is 16.5. The minimum Gasteiger partial charge on any atom is -0.378 e. The van der Waals surface area contributed by atoms with Crippen LogP contribution in [0.1, 0.15) is 39.0 Å². The zero-order valence-electron chi connectivity index (χ0n) is 9.24. The zero-order valence-corrected chi connectivity index (χ0v) is 9.24. The minimum absolute atomic E-state index is 0.827. The second-order valence-electron chi connectivity index (χ2n) is 3.71. The summed E-state index contributed by atoms with van der Waals surface area (Å²) in [7, 11) is 0. The van der Waals surface area contributed by atoms with E-state index in [1.807, 2.05) is 0 Å². The van der Waals surface area contributed by atoms with Gasteiger partial charge in [0.25, 0.3) is 0 Å². The van der Waals surface area contributed by atoms with Crippen LogP contribution < -0.4 is 0 Å². The summed E-state index contributed by atoms with van der Waals surface area (Å²) in [5.74, 6) is 0. The van der Waals surface area contributed by atoms with Crippen LogP contribution in [0, 0.1) is 0 Å². The molecule has 0 amide bonds. The topological polar surface area (TPSA) is 24.8 Å². The fourth-order valence-electron chi connectivity index (χ4n) is 1.50. The van der Waals surface area contributed by atoms with E-state index in [2.05, 4.69) is 23.2 Å². The minimum atomic E-state index is 0.827. The normalized spacial score (nSPS) is 17.9. The van der Waals surface area contributed by atoms with Gasteiger partial charge in [0.1, 0.15) is 0 Å². The molecule has 0 aliphatic carbocycles. The van der Waals surface area contributed by atoms with Crippen LogP contribution in [0.3, 0.4) is 0 Å². The predicted molar refractivity (Wildman–Crippen MR) is 59.6 cm³/mol. The van der Waals surface area contributed by atoms with Gasteiger partial charge < -0.3 is 4.74 Å². The van der Waals surface area contributed by atoms with Crippen molar-refractivity contribution in [3.63, 3.8) is 0 Å². The molecule has 1 rings (SSSR count). The number of nitrogens with zero attached hydrogens (tertiary/aromatic N) is 2. The maximum absolute atomic E-state index is 5.24. The lowest BCUT2D eigenvalue weighted by Gasteiger charge is -2.23. The van der Waals surface area contributed by atoms with Crippen molar-refractivity contribution >= 4 is 6.21 Å². The SMILES string of the molecule is CCCCCC/C=N/N1CCOCC1. The Morgan fingerprint density at radius 2 is 2.00 bits per heavy atom. The molecule has 82 valence electrons. The van der Waals surface area contributed by atoms with Crippen molar-refractivity contribution in [2.75, 3.05) is 26.3 Å². The second-order valence-corrected chi connectivity index (χ2v) is 3.71. The van der Waals surface area contributed by atoms with E-state index in [9.17, 15) is 0 Å². The van der Waals surface area contributed by atoms with Crippen LogP contribution in [0.4, 0.5) is 0 Å². The van der Waals surface area contributed by atoms with Crippen molar-refractivity contribution in [1.82, 2.24) is 5.01 Å². The van der Waals surface area contributed by atoms with E-state index in [1.165, 1.54) is 25.7 Å². The van der Waals surface area contributed by atoms with E-state index in [-0.39, 0.29) is 0 Å². The number of hydrogen-bond acceptors (Lipinski definition) is 3. The molecule has 0 bridgehead atoms. The first-order chi connectivity index (χ1) is 6.93. The quantitative estimate of drug-likeness (QED) is 0.483. The van der Waals surface area contributed by atoms with Gasteiger partial charge in [0.05, 0.1) is 26.3 Å². The van der Waals surface area contributed by atoms with Gasteiger partial charge in [0.2, 0.25) is 0 Å². The maximum atomic E-state index is 5.24. The van der Waals surface area contributed by atoms with E-state index >= 15 is 0 Å². The van der Waals surface area contributed by atoms with E-state index in [1.54, 1.807) is 0 Å². The largest absolute Gasteiger partial charge is 0.378 e. The first-order valence-corrected chi connectivity index (χ1v) is 5.78. The Morgan fingerprint density at radius 1 is 1.21 bits per heavy atom. The lowest BCUT2D eigenvalue weighted by Crippen LogP contribution is -2.32. The highest BCUT2D eigenvalue weighted by Gasteiger charge is 2.05. The summed E-state index contributed by atoms with van der Waals surface area (Å²) in [6.07, 6.45) is 8.46. The summed E-state index contributed by atoms with van der Waals surface area (Å²) >= 11 is 0. The molecule has 1 aliphatic heterocycles. The van der Waals surface area contributed by atoms with Gasteiger partial charge in [-0.15, -0.1) is 0 Å². The van der Waals surface area contributed by atoms with Gasteiger partial charge in [0, 0.05) is 6.21 Å². The molecule has 0 aromatic rings. The molecular weight excluding hydrogens is 176 g/mol. The zero-order chi connectivity index (χ0) is 10.1. The average Bonchev–Trinajstić information content (AvgIpc) is 2.25. The number of ether oxygens (including phenoxy) is 1. The fraction of sp³-hybridized carbons (Fsp3) is 0.909. The molecule has 0 unspecified atom stereocenters. The van der Waals surface area contributed by atoms with Crippen LogP contribution in [0.25, 0.3) is 0 Å². The molecule has 0 aromatic heterocycles. The first kappa shape index (κ1) is 11.5. The molecule has 14 heavy (non-hydrogen) atoms. The van der Waals surface area contributed by atoms with E-state index in [0.717, 1.165) is 32.7 Å². The summed E-state index contributed by atoms with van der Waals surface area (Å²) in [5, 5.41) is 6.51. The molecule has 0 N–H and O–H groups in total. The summed E-state index contributed by atoms with van der Waals surface area (Å²) in [4.78, 5) is 0. The van der Waals surface area contributed by atoms with Crippen molar-refractivity contribution in [3.8, 4) is 0 Å². The summed E-state index contributed by atoms with van der Waals surface area (Å²) in [6.45, 7) is 5.79. The number of morpholine rings is 1. The fourth-order valence-corrected chi connectivity index (χ4v) is 1.50. The average molecular weight is 198 g/mol. The Labute approximate surface area is 87.1 Å². The predicted octanol–water partition coefficient (Wildman–Crippen LogP) is 2.27. The van der Waals surface area contributed by atoms with E-state index in [4.69, 9.17) is 4.74 Å². The molecule has 3 heteroatoms. The molecule has 1 saturated heterocycles. The molecule has 3 nitrogen and oxygen atoms in total. The van der Waals surface area contributed by atoms with Gasteiger partial charge in [-0.2, -0.15) is 5.10 Å². The third-order valence-electron chi connectivity index (χ3n) is 2.42. The molecule has 0 spiro atoms. The first-order valence-electron chi connectivity index (χ1n) is 5.78. The number of unbranched alkanes of at least 4 members (excludes halogenated alkanes) is 4. The molecule has 1 heterocycles. The molecule has 1 fully saturated rings. The highest BCUT2D eigenvalue weighted by Crippen LogP contribution is 2.01. The molecular formula is C11H22N2O. The van der Waals surface area contributed by atoms with Crippen molar-refractivity contribution in [2.45, 2.75) is 39.0 Å². The van der Waals surface area contributed by atoms with Crippen LogP contribution in [-0.4, -0.2) is 37.5 Å². The van der Waals surface area contributed by atoms with Crippen LogP contribution >= 0.6 is 0 Å². The summed E-state index contributed by atoms with van der Waals surface area (Å²) in [6, 6.07) is 0. The highest BCUT2D eigenvalue weighted by molar-refractivity contribution is 5.56. The van der Waals surface area contributed by atoms with Gasteiger partial charge in [-0.1, -0.05) is 26.2 Å². The van der Waals surface area contributed by atoms with Crippen molar-refractivity contribution in [3.05, 3.63) is 0 Å². The van der Waals surface area contributed by atoms with Crippen molar-refractivity contribution in [1.29, 1.82) is 0 Å². The molecule has 0 radical (unpaired) electrons. The van der Waals surface area contributed by atoms with Gasteiger partial charge in [-0.3, -0.25) is 5.01 Å². The standard InChI is InChI=1S/C11H22N2O/c1-2-3-4-5-6-7-12-13-8-10-14-11-9-13/h7H,2-6,8-11H2,1H3/b12-7+.